The smallest absolute Gasteiger partial charge is 0.296 e. The van der Waals surface area contributed by atoms with Crippen LogP contribution >= 0.6 is 0 Å². The van der Waals surface area contributed by atoms with E-state index in [0.29, 0.717) is 30.2 Å². The van der Waals surface area contributed by atoms with Crippen LogP contribution in [0.1, 0.15) is 50.9 Å². The van der Waals surface area contributed by atoms with E-state index in [0.717, 1.165) is 0 Å². The Hall–Kier alpha value is -2.67. The number of benzene rings is 1. The summed E-state index contributed by atoms with van der Waals surface area (Å²) in [6.07, 6.45) is 2.87. The molecule has 0 saturated heterocycles. The summed E-state index contributed by atoms with van der Waals surface area (Å²) in [5.41, 5.74) is 3.37. The molecule has 0 spiro atoms. The van der Waals surface area contributed by atoms with Gasteiger partial charge in [0.05, 0.1) is 0 Å². The molecule has 0 unspecified atom stereocenters. The second-order valence-electron chi connectivity index (χ2n) is 5.52. The Labute approximate surface area is 132 Å². The van der Waals surface area contributed by atoms with Gasteiger partial charge in [0.1, 0.15) is 5.76 Å². The summed E-state index contributed by atoms with van der Waals surface area (Å²) < 4.78 is 4.95. The van der Waals surface area contributed by atoms with Crippen molar-refractivity contribution in [2.45, 2.75) is 25.2 Å². The van der Waals surface area contributed by atoms with Crippen LogP contribution in [0.2, 0.25) is 0 Å². The Bertz CT molecular complexity index is 704. The van der Waals surface area contributed by atoms with E-state index in [1.165, 1.54) is 30.0 Å². The quantitative estimate of drug-likeness (QED) is 0.555. The van der Waals surface area contributed by atoms with E-state index >= 15 is 0 Å². The van der Waals surface area contributed by atoms with Crippen LogP contribution in [0.5, 0.6) is 0 Å². The lowest BCUT2D eigenvalue weighted by Gasteiger charge is -2.05. The van der Waals surface area contributed by atoms with Gasteiger partial charge in [0.25, 0.3) is 11.8 Å². The van der Waals surface area contributed by atoms with Crippen molar-refractivity contribution in [3.63, 3.8) is 0 Å². The van der Waals surface area contributed by atoms with E-state index in [1.54, 1.807) is 0 Å². The third kappa shape index (κ3) is 3.75. The molecule has 120 valence electrons. The van der Waals surface area contributed by atoms with Crippen molar-refractivity contribution in [2.75, 3.05) is 6.54 Å². The van der Waals surface area contributed by atoms with Gasteiger partial charge in [-0.1, -0.05) is 17.3 Å². The fourth-order valence-corrected chi connectivity index (χ4v) is 2.32. The second-order valence-corrected chi connectivity index (χ2v) is 5.52. The number of nitrogens with zero attached hydrogens (tertiary/aromatic N) is 1. The molecule has 0 aliphatic heterocycles. The zero-order valence-corrected chi connectivity index (χ0v) is 12.4. The van der Waals surface area contributed by atoms with E-state index in [-0.39, 0.29) is 11.6 Å². The summed E-state index contributed by atoms with van der Waals surface area (Å²) in [7, 11) is 0. The summed E-state index contributed by atoms with van der Waals surface area (Å²) in [6.45, 7) is 0.360. The zero-order chi connectivity index (χ0) is 16.2. The van der Waals surface area contributed by atoms with E-state index in [1.807, 2.05) is 24.3 Å². The minimum atomic E-state index is -0.736. The molecular formula is C16H17N3O4. The number of nitrogens with one attached hydrogen (secondary N) is 2. The summed E-state index contributed by atoms with van der Waals surface area (Å²) in [6, 6.07) is 9.09. The average molecular weight is 315 g/mol. The highest BCUT2D eigenvalue weighted by molar-refractivity contribution is 5.94. The molecule has 3 rings (SSSR count). The number of amides is 2. The summed E-state index contributed by atoms with van der Waals surface area (Å²) in [5, 5.41) is 14.8. The molecule has 0 radical (unpaired) electrons. The minimum absolute atomic E-state index is 0.00973. The van der Waals surface area contributed by atoms with Crippen LogP contribution in [-0.2, 0) is 6.42 Å². The fourth-order valence-electron chi connectivity index (χ4n) is 2.32. The molecule has 1 heterocycles. The Morgan fingerprint density at radius 2 is 1.96 bits per heavy atom. The van der Waals surface area contributed by atoms with Gasteiger partial charge in [0.15, 0.2) is 5.69 Å². The Balaban J connectivity index is 1.48. The predicted molar refractivity (Wildman–Crippen MR) is 80.2 cm³/mol. The van der Waals surface area contributed by atoms with Crippen molar-refractivity contribution in [3.8, 4) is 0 Å². The number of carbonyl (C=O) groups excluding carboxylic acids is 2. The first-order valence-electron chi connectivity index (χ1n) is 7.45. The Morgan fingerprint density at radius 1 is 1.22 bits per heavy atom. The molecule has 7 nitrogen and oxygen atoms in total. The Kier molecular flexibility index (Phi) is 4.38. The van der Waals surface area contributed by atoms with Crippen LogP contribution in [0.4, 0.5) is 0 Å². The summed E-state index contributed by atoms with van der Waals surface area (Å²) in [4.78, 5) is 23.2. The topological polar surface area (TPSA) is 104 Å². The lowest BCUT2D eigenvalue weighted by Crippen LogP contribution is -2.25. The molecular weight excluding hydrogens is 298 g/mol. The van der Waals surface area contributed by atoms with Gasteiger partial charge < -0.3 is 9.84 Å². The standard InChI is InChI=1S/C16H17N3O4/c20-15(12-5-3-11(4-6-12)10-1-2-10)17-8-7-13-9-14(19-23-13)16(21)18-22/h3-6,9-10,22H,1-2,7-8H2,(H,17,20)(H,18,21). The molecule has 1 aliphatic carbocycles. The number of aromatic nitrogens is 1. The van der Waals surface area contributed by atoms with E-state index in [4.69, 9.17) is 9.73 Å². The minimum Gasteiger partial charge on any atom is -0.361 e. The number of rotatable bonds is 6. The van der Waals surface area contributed by atoms with Crippen LogP contribution in [0, 0.1) is 0 Å². The molecule has 1 fully saturated rings. The molecule has 1 saturated carbocycles. The SMILES string of the molecule is O=C(NCCc1cc(C(=O)NO)no1)c1ccc(C2CC2)cc1. The Morgan fingerprint density at radius 3 is 2.61 bits per heavy atom. The molecule has 0 bridgehead atoms. The zero-order valence-electron chi connectivity index (χ0n) is 12.4. The van der Waals surface area contributed by atoms with E-state index < -0.39 is 5.91 Å². The predicted octanol–water partition coefficient (Wildman–Crippen LogP) is 1.64. The highest BCUT2D eigenvalue weighted by Crippen LogP contribution is 2.39. The van der Waals surface area contributed by atoms with Crippen LogP contribution in [-0.4, -0.2) is 28.7 Å². The van der Waals surface area contributed by atoms with Crippen molar-refractivity contribution in [3.05, 3.63) is 52.9 Å². The number of hydrogen-bond acceptors (Lipinski definition) is 5. The third-order valence-corrected chi connectivity index (χ3v) is 3.77. The maximum atomic E-state index is 12.0. The first-order chi connectivity index (χ1) is 11.2. The number of hydrogen-bond donors (Lipinski definition) is 3. The lowest BCUT2D eigenvalue weighted by molar-refractivity contribution is 0.0696. The maximum Gasteiger partial charge on any atom is 0.296 e. The van der Waals surface area contributed by atoms with Crippen LogP contribution < -0.4 is 10.8 Å². The van der Waals surface area contributed by atoms with Gasteiger partial charge in [-0.25, -0.2) is 5.48 Å². The molecule has 1 aromatic heterocycles. The van der Waals surface area contributed by atoms with E-state index in [9.17, 15) is 9.59 Å². The van der Waals surface area contributed by atoms with Gasteiger partial charge >= 0.3 is 0 Å². The second kappa shape index (κ2) is 6.62. The van der Waals surface area contributed by atoms with Crippen molar-refractivity contribution >= 4 is 11.8 Å². The highest BCUT2D eigenvalue weighted by Gasteiger charge is 2.23. The third-order valence-electron chi connectivity index (χ3n) is 3.77. The van der Waals surface area contributed by atoms with Gasteiger partial charge in [0.2, 0.25) is 0 Å². The molecule has 3 N–H and O–H groups in total. The number of carbonyl (C=O) groups is 2. The average Bonchev–Trinajstić information content (AvgIpc) is 3.33. The lowest BCUT2D eigenvalue weighted by atomic mass is 10.1. The monoisotopic (exact) mass is 315 g/mol. The van der Waals surface area contributed by atoms with Gasteiger partial charge in [0, 0.05) is 24.6 Å². The summed E-state index contributed by atoms with van der Waals surface area (Å²) >= 11 is 0. The van der Waals surface area contributed by atoms with Gasteiger partial charge in [-0.05, 0) is 36.5 Å². The van der Waals surface area contributed by atoms with Crippen molar-refractivity contribution in [2.24, 2.45) is 0 Å². The maximum absolute atomic E-state index is 12.0. The molecule has 2 amide bonds. The molecule has 7 heteroatoms. The number of hydroxylamine groups is 1. The molecule has 1 aromatic carbocycles. The van der Waals surface area contributed by atoms with Crippen LogP contribution in [0.15, 0.2) is 34.9 Å². The van der Waals surface area contributed by atoms with Gasteiger partial charge in [-0.3, -0.25) is 14.8 Å². The molecule has 1 aliphatic rings. The highest BCUT2D eigenvalue weighted by atomic mass is 16.5. The fraction of sp³-hybridized carbons (Fsp3) is 0.312. The van der Waals surface area contributed by atoms with E-state index in [2.05, 4.69) is 10.5 Å². The normalized spacial score (nSPS) is 13.6. The van der Waals surface area contributed by atoms with Crippen LogP contribution in [0.25, 0.3) is 0 Å². The molecule has 0 atom stereocenters. The first kappa shape index (κ1) is 15.2. The van der Waals surface area contributed by atoms with Crippen molar-refractivity contribution in [1.29, 1.82) is 0 Å². The van der Waals surface area contributed by atoms with Crippen molar-refractivity contribution in [1.82, 2.24) is 16.0 Å². The molecule has 2 aromatic rings. The van der Waals surface area contributed by atoms with Crippen molar-refractivity contribution < 1.29 is 19.3 Å². The summed E-state index contributed by atoms with van der Waals surface area (Å²) in [5.74, 6) is 0.233. The largest absolute Gasteiger partial charge is 0.361 e. The first-order valence-corrected chi connectivity index (χ1v) is 7.45. The molecule has 23 heavy (non-hydrogen) atoms. The van der Waals surface area contributed by atoms with Gasteiger partial charge in [-0.2, -0.15) is 0 Å². The van der Waals surface area contributed by atoms with Crippen LogP contribution in [0.3, 0.4) is 0 Å². The van der Waals surface area contributed by atoms with Gasteiger partial charge in [-0.15, -0.1) is 0 Å².